The number of hydrogen-bond acceptors (Lipinski definition) is 2. The van der Waals surface area contributed by atoms with Crippen LogP contribution < -0.4 is 0 Å². The van der Waals surface area contributed by atoms with Crippen LogP contribution in [0.1, 0.15) is 26.7 Å². The van der Waals surface area contributed by atoms with Crippen LogP contribution in [0.4, 0.5) is 0 Å². The Hall–Kier alpha value is -1.31. The van der Waals surface area contributed by atoms with Gasteiger partial charge in [-0.1, -0.05) is 44.6 Å². The van der Waals surface area contributed by atoms with Crippen LogP contribution in [0.3, 0.4) is 0 Å². The first-order valence-corrected chi connectivity index (χ1v) is 6.46. The van der Waals surface area contributed by atoms with Crippen LogP contribution in [0.5, 0.6) is 0 Å². The molecule has 0 heterocycles. The molecule has 0 spiro atoms. The minimum Gasteiger partial charge on any atom is -0.497 e. The molecule has 0 saturated carbocycles. The van der Waals surface area contributed by atoms with E-state index in [0.29, 0.717) is 12.5 Å². The SMILES string of the molecule is CCCCOC1=C(C=O)C2C=CC2C=CC1C. The van der Waals surface area contributed by atoms with Gasteiger partial charge < -0.3 is 4.74 Å². The van der Waals surface area contributed by atoms with E-state index in [-0.39, 0.29) is 11.8 Å². The summed E-state index contributed by atoms with van der Waals surface area (Å²) in [5.41, 5.74) is 0.839. The van der Waals surface area contributed by atoms with E-state index in [9.17, 15) is 4.79 Å². The van der Waals surface area contributed by atoms with E-state index in [2.05, 4.69) is 38.2 Å². The van der Waals surface area contributed by atoms with Crippen LogP contribution in [0.15, 0.2) is 35.6 Å². The summed E-state index contributed by atoms with van der Waals surface area (Å²) in [6.07, 6.45) is 11.7. The second kappa shape index (κ2) is 5.35. The first-order chi connectivity index (χ1) is 8.27. The molecule has 0 radical (unpaired) electrons. The molecule has 0 saturated heterocycles. The Balaban J connectivity index is 2.20. The number of rotatable bonds is 5. The van der Waals surface area contributed by atoms with Crippen LogP contribution >= 0.6 is 0 Å². The number of unbranched alkanes of at least 4 members (excludes halogenated alkanes) is 1. The van der Waals surface area contributed by atoms with Gasteiger partial charge in [-0.05, 0) is 6.42 Å². The number of ether oxygens (including phenoxy) is 1. The maximum absolute atomic E-state index is 11.3. The summed E-state index contributed by atoms with van der Waals surface area (Å²) in [7, 11) is 0. The van der Waals surface area contributed by atoms with Crippen molar-refractivity contribution in [3.63, 3.8) is 0 Å². The van der Waals surface area contributed by atoms with E-state index in [0.717, 1.165) is 30.5 Å². The van der Waals surface area contributed by atoms with Gasteiger partial charge in [-0.2, -0.15) is 0 Å². The Morgan fingerprint density at radius 3 is 2.65 bits per heavy atom. The smallest absolute Gasteiger partial charge is 0.150 e. The summed E-state index contributed by atoms with van der Waals surface area (Å²) in [6.45, 7) is 4.94. The largest absolute Gasteiger partial charge is 0.497 e. The van der Waals surface area contributed by atoms with Crippen molar-refractivity contribution >= 4 is 6.29 Å². The number of hydrogen-bond donors (Lipinski definition) is 0. The van der Waals surface area contributed by atoms with Crippen molar-refractivity contribution in [2.75, 3.05) is 6.61 Å². The number of allylic oxidation sites excluding steroid dienone is 5. The topological polar surface area (TPSA) is 26.3 Å². The highest BCUT2D eigenvalue weighted by atomic mass is 16.5. The molecule has 92 valence electrons. The van der Waals surface area contributed by atoms with E-state index in [1.165, 1.54) is 0 Å². The highest BCUT2D eigenvalue weighted by Gasteiger charge is 2.32. The van der Waals surface area contributed by atoms with Crippen LogP contribution in [0, 0.1) is 17.8 Å². The Bertz CT molecular complexity index is 376. The second-order valence-corrected chi connectivity index (χ2v) is 4.80. The highest BCUT2D eigenvalue weighted by molar-refractivity contribution is 5.77. The van der Waals surface area contributed by atoms with E-state index in [1.807, 2.05) is 0 Å². The molecule has 2 rings (SSSR count). The molecule has 0 aromatic carbocycles. The van der Waals surface area contributed by atoms with Crippen molar-refractivity contribution in [3.05, 3.63) is 35.6 Å². The molecule has 0 bridgehead atoms. The van der Waals surface area contributed by atoms with Gasteiger partial charge in [0.25, 0.3) is 0 Å². The van der Waals surface area contributed by atoms with Gasteiger partial charge in [0.05, 0.1) is 6.61 Å². The summed E-state index contributed by atoms with van der Waals surface area (Å²) >= 11 is 0. The Kier molecular flexibility index (Phi) is 3.82. The van der Waals surface area contributed by atoms with Crippen molar-refractivity contribution in [3.8, 4) is 0 Å². The van der Waals surface area contributed by atoms with Crippen molar-refractivity contribution in [1.82, 2.24) is 0 Å². The lowest BCUT2D eigenvalue weighted by Crippen LogP contribution is -2.21. The first-order valence-electron chi connectivity index (χ1n) is 6.46. The number of carbonyl (C=O) groups is 1. The summed E-state index contributed by atoms with van der Waals surface area (Å²) in [4.78, 5) is 11.3. The molecule has 0 aliphatic heterocycles. The average molecular weight is 232 g/mol. The molecule has 2 nitrogen and oxygen atoms in total. The van der Waals surface area contributed by atoms with Gasteiger partial charge >= 0.3 is 0 Å². The molecule has 0 amide bonds. The molecular formula is C15H20O2. The standard InChI is InChI=1S/C15H20O2/c1-3-4-9-17-15-11(2)5-6-12-7-8-13(12)14(15)10-16/h5-8,10-13H,3-4,9H2,1-2H3. The number of aldehydes is 1. The van der Waals surface area contributed by atoms with E-state index in [1.54, 1.807) is 0 Å². The van der Waals surface area contributed by atoms with Crippen molar-refractivity contribution in [2.45, 2.75) is 26.7 Å². The maximum Gasteiger partial charge on any atom is 0.150 e. The Morgan fingerprint density at radius 1 is 1.29 bits per heavy atom. The zero-order valence-corrected chi connectivity index (χ0v) is 10.6. The number of carbonyl (C=O) groups excluding carboxylic acids is 1. The first kappa shape index (κ1) is 12.2. The predicted octanol–water partition coefficient (Wildman–Crippen LogP) is 3.26. The van der Waals surface area contributed by atoms with E-state index in [4.69, 9.17) is 4.74 Å². The lowest BCUT2D eigenvalue weighted by molar-refractivity contribution is -0.105. The Morgan fingerprint density at radius 2 is 2.06 bits per heavy atom. The summed E-state index contributed by atoms with van der Waals surface area (Å²) < 4.78 is 5.84. The third-order valence-corrected chi connectivity index (χ3v) is 3.52. The monoisotopic (exact) mass is 232 g/mol. The van der Waals surface area contributed by atoms with Gasteiger partial charge in [0.2, 0.25) is 0 Å². The maximum atomic E-state index is 11.3. The molecule has 0 N–H and O–H groups in total. The van der Waals surface area contributed by atoms with Gasteiger partial charge in [-0.15, -0.1) is 0 Å². The lowest BCUT2D eigenvalue weighted by atomic mass is 9.78. The van der Waals surface area contributed by atoms with Gasteiger partial charge in [-0.3, -0.25) is 4.79 Å². The molecule has 0 fully saturated rings. The van der Waals surface area contributed by atoms with Crippen LogP contribution in [-0.2, 0) is 9.53 Å². The van der Waals surface area contributed by atoms with Crippen LogP contribution in [-0.4, -0.2) is 12.9 Å². The van der Waals surface area contributed by atoms with E-state index < -0.39 is 0 Å². The van der Waals surface area contributed by atoms with Crippen LogP contribution in [0.25, 0.3) is 0 Å². The third-order valence-electron chi connectivity index (χ3n) is 3.52. The predicted molar refractivity (Wildman–Crippen MR) is 68.4 cm³/mol. The summed E-state index contributed by atoms with van der Waals surface area (Å²) in [5, 5.41) is 0. The average Bonchev–Trinajstić information content (AvgIpc) is 2.38. The zero-order valence-electron chi connectivity index (χ0n) is 10.6. The third kappa shape index (κ3) is 2.36. The fourth-order valence-corrected chi connectivity index (χ4v) is 2.33. The van der Waals surface area contributed by atoms with Gasteiger partial charge in [0, 0.05) is 23.3 Å². The minimum absolute atomic E-state index is 0.208. The molecule has 2 aliphatic carbocycles. The molecule has 17 heavy (non-hydrogen) atoms. The number of fused-ring (bicyclic) bond motifs is 1. The quantitative estimate of drug-likeness (QED) is 0.413. The molecule has 0 aromatic rings. The second-order valence-electron chi connectivity index (χ2n) is 4.80. The van der Waals surface area contributed by atoms with Gasteiger partial charge in [0.15, 0.2) is 0 Å². The van der Waals surface area contributed by atoms with Crippen molar-refractivity contribution in [1.29, 1.82) is 0 Å². The molecule has 3 atom stereocenters. The fourth-order valence-electron chi connectivity index (χ4n) is 2.33. The van der Waals surface area contributed by atoms with Gasteiger partial charge in [0.1, 0.15) is 12.0 Å². The molecule has 2 aliphatic rings. The van der Waals surface area contributed by atoms with Crippen molar-refractivity contribution < 1.29 is 9.53 Å². The molecule has 2 heteroatoms. The lowest BCUT2D eigenvalue weighted by Gasteiger charge is -2.27. The Labute approximate surface area is 103 Å². The highest BCUT2D eigenvalue weighted by Crippen LogP contribution is 2.38. The molecule has 0 aromatic heterocycles. The van der Waals surface area contributed by atoms with Crippen LogP contribution in [0.2, 0.25) is 0 Å². The fraction of sp³-hybridized carbons (Fsp3) is 0.533. The molecular weight excluding hydrogens is 212 g/mol. The summed E-state index contributed by atoms with van der Waals surface area (Å²) in [5.74, 6) is 1.72. The molecule has 3 unspecified atom stereocenters. The zero-order chi connectivity index (χ0) is 12.3. The summed E-state index contributed by atoms with van der Waals surface area (Å²) in [6, 6.07) is 0. The normalized spacial score (nSPS) is 30.6. The van der Waals surface area contributed by atoms with E-state index >= 15 is 0 Å². The minimum atomic E-state index is 0.208. The van der Waals surface area contributed by atoms with Gasteiger partial charge in [-0.25, -0.2) is 0 Å². The van der Waals surface area contributed by atoms with Crippen molar-refractivity contribution in [2.24, 2.45) is 17.8 Å².